The maximum atomic E-state index is 12.1. The largest absolute Gasteiger partial charge is 0.497 e. The molecule has 0 radical (unpaired) electrons. The van der Waals surface area contributed by atoms with Gasteiger partial charge in [-0.2, -0.15) is 0 Å². The zero-order chi connectivity index (χ0) is 20.3. The van der Waals surface area contributed by atoms with Gasteiger partial charge >= 0.3 is 5.97 Å². The molecule has 0 bridgehead atoms. The van der Waals surface area contributed by atoms with Crippen LogP contribution < -0.4 is 4.74 Å². The number of aliphatic hydroxyl groups is 1. The molecular formula is C22H28N2O5. The maximum absolute atomic E-state index is 12.1. The highest BCUT2D eigenvalue weighted by atomic mass is 16.5. The van der Waals surface area contributed by atoms with Crippen molar-refractivity contribution in [2.45, 2.75) is 37.5 Å². The number of hydrogen-bond donors (Lipinski definition) is 3. The lowest BCUT2D eigenvalue weighted by molar-refractivity contribution is -0.172. The number of aromatic nitrogens is 1. The molecule has 2 fully saturated rings. The van der Waals surface area contributed by atoms with E-state index in [0.717, 1.165) is 37.2 Å². The van der Waals surface area contributed by atoms with E-state index in [1.165, 1.54) is 23.8 Å². The molecule has 6 atom stereocenters. The maximum Gasteiger partial charge on any atom is 0.309 e. The van der Waals surface area contributed by atoms with E-state index in [1.807, 2.05) is 12.1 Å². The number of ether oxygens (including phenoxy) is 2. The normalized spacial score (nSPS) is 34.3. The number of nitrogens with one attached hydrogen (secondary N) is 1. The van der Waals surface area contributed by atoms with E-state index in [0.29, 0.717) is 6.42 Å². The Labute approximate surface area is 169 Å². The Bertz CT molecular complexity index is 941. The molecule has 1 aliphatic carbocycles. The topological polar surface area (TPSA) is 95.0 Å². The number of aliphatic hydroxyl groups excluding tert-OH is 1. The van der Waals surface area contributed by atoms with Gasteiger partial charge in [0.1, 0.15) is 5.75 Å². The number of H-pyrrole nitrogens is 1. The molecule has 3 aliphatic rings. The molecule has 7 heteroatoms. The van der Waals surface area contributed by atoms with E-state index in [1.54, 1.807) is 7.11 Å². The average molecular weight is 400 g/mol. The summed E-state index contributed by atoms with van der Waals surface area (Å²) in [5.74, 6) is -0.539. The summed E-state index contributed by atoms with van der Waals surface area (Å²) in [5, 5.41) is 21.7. The molecule has 1 saturated carbocycles. The molecule has 0 spiro atoms. The first-order valence-electron chi connectivity index (χ1n) is 10.4. The SMILES string of the molecule is COc1ccc2c3c([nH]c2c1)[C@@H]1C[C@@H]2[C@H](C[C@H](O)[C@H](OC)[C@H]2C(=O)O)CN1CC3. The quantitative estimate of drug-likeness (QED) is 0.731. The third kappa shape index (κ3) is 2.86. The van der Waals surface area contributed by atoms with Crippen molar-refractivity contribution in [3.63, 3.8) is 0 Å². The summed E-state index contributed by atoms with van der Waals surface area (Å²) < 4.78 is 10.8. The summed E-state index contributed by atoms with van der Waals surface area (Å²) in [4.78, 5) is 18.2. The van der Waals surface area contributed by atoms with E-state index in [2.05, 4.69) is 16.0 Å². The number of benzene rings is 1. The first-order valence-corrected chi connectivity index (χ1v) is 10.4. The Morgan fingerprint density at radius 2 is 2.10 bits per heavy atom. The lowest BCUT2D eigenvalue weighted by Crippen LogP contribution is -2.57. The number of aromatic amines is 1. The molecule has 2 aliphatic heterocycles. The van der Waals surface area contributed by atoms with Gasteiger partial charge in [0.2, 0.25) is 0 Å². The molecule has 3 N–H and O–H groups in total. The van der Waals surface area contributed by atoms with Crippen molar-refractivity contribution in [3.05, 3.63) is 29.5 Å². The van der Waals surface area contributed by atoms with Crippen molar-refractivity contribution in [2.24, 2.45) is 17.8 Å². The summed E-state index contributed by atoms with van der Waals surface area (Å²) in [6.07, 6.45) is 0.981. The standard InChI is InChI=1S/C22H28N2O5/c1-28-12-3-4-13-14-5-6-24-10-11-7-18(25)21(29-2)19(22(26)27)15(11)9-17(24)20(14)23-16(13)8-12/h3-4,8,11,15,17-19,21,23,25H,5-7,9-10H2,1-2H3,(H,26,27)/t11-,15-,17+,18+,19+,21+/m1/s1. The lowest BCUT2D eigenvalue weighted by atomic mass is 9.64. The highest BCUT2D eigenvalue weighted by molar-refractivity contribution is 5.86. The number of hydrogen-bond acceptors (Lipinski definition) is 5. The molecule has 156 valence electrons. The number of rotatable bonds is 3. The Kier molecular flexibility index (Phi) is 4.57. The molecule has 1 saturated heterocycles. The van der Waals surface area contributed by atoms with Crippen molar-refractivity contribution in [2.75, 3.05) is 27.3 Å². The molecule has 2 aromatic rings. The first kappa shape index (κ1) is 18.9. The number of methoxy groups -OCH3 is 2. The number of carbonyl (C=O) groups is 1. The molecule has 0 amide bonds. The van der Waals surface area contributed by atoms with Crippen LogP contribution in [0.3, 0.4) is 0 Å². The minimum Gasteiger partial charge on any atom is -0.497 e. The zero-order valence-corrected chi connectivity index (χ0v) is 16.8. The van der Waals surface area contributed by atoms with Gasteiger partial charge in [0.15, 0.2) is 0 Å². The Morgan fingerprint density at radius 1 is 1.28 bits per heavy atom. The van der Waals surface area contributed by atoms with Crippen LogP contribution in [-0.2, 0) is 16.0 Å². The second-order valence-electron chi connectivity index (χ2n) is 8.72. The summed E-state index contributed by atoms with van der Waals surface area (Å²) in [5.41, 5.74) is 3.62. The predicted molar refractivity (Wildman–Crippen MR) is 107 cm³/mol. The molecule has 29 heavy (non-hydrogen) atoms. The van der Waals surface area contributed by atoms with Crippen LogP contribution in [0.1, 0.15) is 30.1 Å². The van der Waals surface area contributed by atoms with Gasteiger partial charge in [-0.25, -0.2) is 0 Å². The fourth-order valence-electron chi connectivity index (χ4n) is 6.15. The zero-order valence-electron chi connectivity index (χ0n) is 16.8. The van der Waals surface area contributed by atoms with Gasteiger partial charge in [0.05, 0.1) is 31.3 Å². The highest BCUT2D eigenvalue weighted by Crippen LogP contribution is 2.49. The van der Waals surface area contributed by atoms with Gasteiger partial charge in [-0.15, -0.1) is 0 Å². The number of carboxylic acids is 1. The number of piperidine rings is 1. The van der Waals surface area contributed by atoms with Crippen molar-refractivity contribution in [1.82, 2.24) is 9.88 Å². The average Bonchev–Trinajstić information content (AvgIpc) is 3.09. The predicted octanol–water partition coefficient (Wildman–Crippen LogP) is 2.19. The fourth-order valence-corrected chi connectivity index (χ4v) is 6.15. The van der Waals surface area contributed by atoms with Gasteiger partial charge in [0, 0.05) is 42.9 Å². The molecule has 3 heterocycles. The van der Waals surface area contributed by atoms with Crippen LogP contribution in [0.5, 0.6) is 5.75 Å². The molecule has 0 unspecified atom stereocenters. The van der Waals surface area contributed by atoms with Gasteiger partial charge in [0.25, 0.3) is 0 Å². The van der Waals surface area contributed by atoms with E-state index in [4.69, 9.17) is 9.47 Å². The second-order valence-corrected chi connectivity index (χ2v) is 8.72. The second kappa shape index (κ2) is 7.00. The van der Waals surface area contributed by atoms with Crippen molar-refractivity contribution in [1.29, 1.82) is 0 Å². The smallest absolute Gasteiger partial charge is 0.309 e. The van der Waals surface area contributed by atoms with Crippen LogP contribution in [0.15, 0.2) is 18.2 Å². The van der Waals surface area contributed by atoms with E-state index in [9.17, 15) is 15.0 Å². The lowest BCUT2D eigenvalue weighted by Gasteiger charge is -2.52. The Morgan fingerprint density at radius 3 is 2.83 bits per heavy atom. The number of aliphatic carboxylic acids is 1. The number of fused-ring (bicyclic) bond motifs is 6. The summed E-state index contributed by atoms with van der Waals surface area (Å²) >= 11 is 0. The van der Waals surface area contributed by atoms with Crippen molar-refractivity contribution in [3.8, 4) is 5.75 Å². The van der Waals surface area contributed by atoms with Gasteiger partial charge in [-0.05, 0) is 48.8 Å². The summed E-state index contributed by atoms with van der Waals surface area (Å²) in [7, 11) is 3.17. The van der Waals surface area contributed by atoms with E-state index in [-0.39, 0.29) is 17.9 Å². The molecule has 7 nitrogen and oxygen atoms in total. The number of nitrogens with zero attached hydrogens (tertiary/aromatic N) is 1. The minimum atomic E-state index is -0.864. The fraction of sp³-hybridized carbons (Fsp3) is 0.591. The van der Waals surface area contributed by atoms with Crippen LogP contribution >= 0.6 is 0 Å². The van der Waals surface area contributed by atoms with E-state index >= 15 is 0 Å². The Hall–Kier alpha value is -2.09. The number of carboxylic acid groups (broad SMARTS) is 1. The third-order valence-corrected chi connectivity index (χ3v) is 7.44. The van der Waals surface area contributed by atoms with Crippen LogP contribution in [0.2, 0.25) is 0 Å². The monoisotopic (exact) mass is 400 g/mol. The minimum absolute atomic E-state index is 0.00556. The van der Waals surface area contributed by atoms with Crippen LogP contribution in [0.25, 0.3) is 10.9 Å². The van der Waals surface area contributed by atoms with E-state index < -0.39 is 24.1 Å². The van der Waals surface area contributed by atoms with Gasteiger partial charge < -0.3 is 24.7 Å². The van der Waals surface area contributed by atoms with Crippen LogP contribution in [-0.4, -0.2) is 65.6 Å². The van der Waals surface area contributed by atoms with Crippen LogP contribution in [0, 0.1) is 17.8 Å². The molecule has 5 rings (SSSR count). The molecule has 1 aromatic carbocycles. The first-order chi connectivity index (χ1) is 14.0. The van der Waals surface area contributed by atoms with Gasteiger partial charge in [-0.1, -0.05) is 0 Å². The van der Waals surface area contributed by atoms with Gasteiger partial charge in [-0.3, -0.25) is 9.69 Å². The van der Waals surface area contributed by atoms with Crippen molar-refractivity contribution < 1.29 is 24.5 Å². The summed E-state index contributed by atoms with van der Waals surface area (Å²) in [6, 6.07) is 6.31. The molecular weight excluding hydrogens is 372 g/mol. The molecule has 1 aromatic heterocycles. The third-order valence-electron chi connectivity index (χ3n) is 7.44. The Balaban J connectivity index is 1.52. The van der Waals surface area contributed by atoms with Crippen LogP contribution in [0.4, 0.5) is 0 Å². The van der Waals surface area contributed by atoms with Crippen molar-refractivity contribution >= 4 is 16.9 Å². The summed E-state index contributed by atoms with van der Waals surface area (Å²) in [6.45, 7) is 1.78. The highest BCUT2D eigenvalue weighted by Gasteiger charge is 2.52.